The van der Waals surface area contributed by atoms with Gasteiger partial charge in [0.25, 0.3) is 0 Å². The average Bonchev–Trinajstić information content (AvgIpc) is 2.41. The van der Waals surface area contributed by atoms with E-state index in [1.807, 2.05) is 0 Å². The van der Waals surface area contributed by atoms with Crippen LogP contribution in [-0.2, 0) is 23.9 Å². The molecule has 2 amide bonds. The number of nitrogens with one attached hydrogen (secondary N) is 2. The Balaban J connectivity index is 4.21. The lowest BCUT2D eigenvalue weighted by molar-refractivity contribution is -0.158. The lowest BCUT2D eigenvalue weighted by Crippen LogP contribution is -2.50. The molecule has 0 aromatic rings. The van der Waals surface area contributed by atoms with Crippen molar-refractivity contribution in [2.24, 2.45) is 0 Å². The number of aldehydes is 1. The van der Waals surface area contributed by atoms with Crippen molar-refractivity contribution >= 4 is 24.1 Å². The van der Waals surface area contributed by atoms with Crippen LogP contribution >= 0.6 is 0 Å². The molecular weight excluding hydrogens is 300 g/mol. The van der Waals surface area contributed by atoms with E-state index >= 15 is 0 Å². The Hall–Kier alpha value is -1.92. The van der Waals surface area contributed by atoms with Crippen LogP contribution in [0.4, 0.5) is 0 Å². The van der Waals surface area contributed by atoms with Crippen LogP contribution in [0.5, 0.6) is 0 Å². The smallest absolute Gasteiger partial charge is 0.328 e. The van der Waals surface area contributed by atoms with Gasteiger partial charge in [0.1, 0.15) is 24.0 Å². The van der Waals surface area contributed by atoms with E-state index in [1.54, 1.807) is 27.7 Å². The van der Waals surface area contributed by atoms with Crippen LogP contribution in [0.1, 0.15) is 60.3 Å². The van der Waals surface area contributed by atoms with Gasteiger partial charge in [-0.1, -0.05) is 0 Å². The maximum atomic E-state index is 12.0. The summed E-state index contributed by atoms with van der Waals surface area (Å²) in [5, 5.41) is 5.07. The van der Waals surface area contributed by atoms with Gasteiger partial charge in [-0.05, 0) is 47.5 Å². The molecule has 0 unspecified atom stereocenters. The number of hydrogen-bond donors (Lipinski definition) is 2. The second-order valence-corrected chi connectivity index (χ2v) is 6.47. The molecule has 0 fully saturated rings. The minimum absolute atomic E-state index is 0.257. The normalized spacial score (nSPS) is 13.6. The lowest BCUT2D eigenvalue weighted by atomic mass is 10.2. The first-order chi connectivity index (χ1) is 10.6. The third-order valence-corrected chi connectivity index (χ3v) is 2.87. The predicted octanol–water partition coefficient (Wildman–Crippen LogP) is 1.10. The molecule has 0 aromatic carbocycles. The first-order valence-electron chi connectivity index (χ1n) is 7.83. The number of rotatable bonds is 9. The van der Waals surface area contributed by atoms with E-state index in [-0.39, 0.29) is 12.3 Å². The second kappa shape index (κ2) is 9.97. The van der Waals surface area contributed by atoms with E-state index < -0.39 is 29.6 Å². The summed E-state index contributed by atoms with van der Waals surface area (Å²) < 4.78 is 5.17. The van der Waals surface area contributed by atoms with E-state index in [2.05, 4.69) is 10.6 Å². The number of unbranched alkanes of at least 4 members (excludes halogenated alkanes) is 2. The molecule has 0 saturated carbocycles. The first-order valence-corrected chi connectivity index (χ1v) is 7.83. The van der Waals surface area contributed by atoms with E-state index in [1.165, 1.54) is 6.92 Å². The fraction of sp³-hybridized carbons (Fsp3) is 0.750. The molecule has 132 valence electrons. The summed E-state index contributed by atoms with van der Waals surface area (Å²) in [6.45, 7) is 8.30. The monoisotopic (exact) mass is 328 g/mol. The summed E-state index contributed by atoms with van der Waals surface area (Å²) in [5.74, 6) is -1.24. The molecule has 2 N–H and O–H groups in total. The largest absolute Gasteiger partial charge is 0.458 e. The van der Waals surface area contributed by atoms with Crippen LogP contribution in [0.25, 0.3) is 0 Å². The summed E-state index contributed by atoms with van der Waals surface area (Å²) in [7, 11) is 0. The first kappa shape index (κ1) is 21.1. The Bertz CT molecular complexity index is 429. The van der Waals surface area contributed by atoms with Gasteiger partial charge in [0.15, 0.2) is 0 Å². The quantitative estimate of drug-likeness (QED) is 0.375. The third-order valence-electron chi connectivity index (χ3n) is 2.87. The van der Waals surface area contributed by atoms with Crippen LogP contribution < -0.4 is 10.6 Å². The van der Waals surface area contributed by atoms with Crippen LogP contribution in [0.15, 0.2) is 0 Å². The van der Waals surface area contributed by atoms with Gasteiger partial charge in [0.2, 0.25) is 11.8 Å². The van der Waals surface area contributed by atoms with Crippen LogP contribution in [0.2, 0.25) is 0 Å². The molecule has 0 radical (unpaired) electrons. The molecule has 0 aliphatic carbocycles. The maximum Gasteiger partial charge on any atom is 0.328 e. The molecule has 23 heavy (non-hydrogen) atoms. The molecule has 7 heteroatoms. The van der Waals surface area contributed by atoms with Crippen molar-refractivity contribution in [1.82, 2.24) is 10.6 Å². The van der Waals surface area contributed by atoms with Gasteiger partial charge in [-0.3, -0.25) is 9.59 Å². The van der Waals surface area contributed by atoms with Gasteiger partial charge in [-0.25, -0.2) is 4.79 Å². The van der Waals surface area contributed by atoms with Gasteiger partial charge in [-0.2, -0.15) is 0 Å². The van der Waals surface area contributed by atoms with Crippen LogP contribution in [-0.4, -0.2) is 41.8 Å². The summed E-state index contributed by atoms with van der Waals surface area (Å²) in [6, 6.07) is -1.55. The van der Waals surface area contributed by atoms with Crippen molar-refractivity contribution in [2.75, 3.05) is 0 Å². The minimum atomic E-state index is -0.798. The topological polar surface area (TPSA) is 102 Å². The molecule has 0 saturated heterocycles. The van der Waals surface area contributed by atoms with Gasteiger partial charge in [0.05, 0.1) is 0 Å². The van der Waals surface area contributed by atoms with Gasteiger partial charge < -0.3 is 20.2 Å². The highest BCUT2D eigenvalue weighted by atomic mass is 16.6. The van der Waals surface area contributed by atoms with Crippen LogP contribution in [0.3, 0.4) is 0 Å². The molecule has 0 aromatic heterocycles. The Kier molecular flexibility index (Phi) is 9.14. The van der Waals surface area contributed by atoms with E-state index in [4.69, 9.17) is 4.74 Å². The molecule has 0 heterocycles. The predicted molar refractivity (Wildman–Crippen MR) is 85.6 cm³/mol. The zero-order valence-corrected chi connectivity index (χ0v) is 14.6. The molecule has 0 rings (SSSR count). The number of hydrogen-bond acceptors (Lipinski definition) is 5. The summed E-state index contributed by atoms with van der Waals surface area (Å²) in [5.41, 5.74) is -0.628. The summed E-state index contributed by atoms with van der Waals surface area (Å²) in [6.07, 6.45) is 2.73. The fourth-order valence-corrected chi connectivity index (χ4v) is 1.68. The number of carbonyl (C=O) groups excluding carboxylic acids is 4. The Morgan fingerprint density at radius 3 is 2.17 bits per heavy atom. The molecule has 0 spiro atoms. The molecular formula is C16H28N2O5. The summed E-state index contributed by atoms with van der Waals surface area (Å²) >= 11 is 0. The highest BCUT2D eigenvalue weighted by molar-refractivity contribution is 5.90. The van der Waals surface area contributed by atoms with Crippen LogP contribution in [0, 0.1) is 0 Å². The fourth-order valence-electron chi connectivity index (χ4n) is 1.68. The Labute approximate surface area is 137 Å². The third kappa shape index (κ3) is 10.4. The molecule has 2 atom stereocenters. The standard InChI is InChI=1S/C16H28N2O5/c1-11(17-13(20)9-7-6-8-10-19)14(21)18-12(2)15(22)23-16(3,4)5/h10-12H,6-9H2,1-5H3,(H,17,20)(H,18,21)/t11-,12-/m0/s1. The lowest BCUT2D eigenvalue weighted by Gasteiger charge is -2.23. The Morgan fingerprint density at radius 2 is 1.65 bits per heavy atom. The number of carbonyl (C=O) groups is 4. The molecule has 0 aliphatic heterocycles. The van der Waals surface area contributed by atoms with Gasteiger partial charge in [0, 0.05) is 12.8 Å². The zero-order valence-electron chi connectivity index (χ0n) is 14.6. The molecule has 7 nitrogen and oxygen atoms in total. The highest BCUT2D eigenvalue weighted by Gasteiger charge is 2.25. The van der Waals surface area contributed by atoms with Crippen molar-refractivity contribution in [3.8, 4) is 0 Å². The van der Waals surface area contributed by atoms with Crippen molar-refractivity contribution in [2.45, 2.75) is 78.0 Å². The molecule has 0 aliphatic rings. The van der Waals surface area contributed by atoms with Crippen molar-refractivity contribution in [3.05, 3.63) is 0 Å². The highest BCUT2D eigenvalue weighted by Crippen LogP contribution is 2.08. The number of esters is 1. The minimum Gasteiger partial charge on any atom is -0.458 e. The zero-order chi connectivity index (χ0) is 18.0. The summed E-state index contributed by atoms with van der Waals surface area (Å²) in [4.78, 5) is 45.6. The van der Waals surface area contributed by atoms with Crippen molar-refractivity contribution in [3.63, 3.8) is 0 Å². The SMILES string of the molecule is C[C@H](NC(=O)CCCCC=O)C(=O)N[C@@H](C)C(=O)OC(C)(C)C. The maximum absolute atomic E-state index is 12.0. The molecule has 0 bridgehead atoms. The van der Waals surface area contributed by atoms with E-state index in [0.717, 1.165) is 6.29 Å². The number of amides is 2. The Morgan fingerprint density at radius 1 is 1.04 bits per heavy atom. The van der Waals surface area contributed by atoms with Crippen molar-refractivity contribution in [1.29, 1.82) is 0 Å². The average molecular weight is 328 g/mol. The van der Waals surface area contributed by atoms with E-state index in [9.17, 15) is 19.2 Å². The van der Waals surface area contributed by atoms with Gasteiger partial charge in [-0.15, -0.1) is 0 Å². The number of ether oxygens (including phenoxy) is 1. The van der Waals surface area contributed by atoms with Gasteiger partial charge >= 0.3 is 5.97 Å². The second-order valence-electron chi connectivity index (χ2n) is 6.47. The van der Waals surface area contributed by atoms with E-state index in [0.29, 0.717) is 19.3 Å². The van der Waals surface area contributed by atoms with Crippen molar-refractivity contribution < 1.29 is 23.9 Å².